The van der Waals surface area contributed by atoms with Gasteiger partial charge in [0.15, 0.2) is 5.96 Å². The van der Waals surface area contributed by atoms with Crippen LogP contribution in [0.2, 0.25) is 5.02 Å². The zero-order valence-electron chi connectivity index (χ0n) is 12.8. The summed E-state index contributed by atoms with van der Waals surface area (Å²) in [5.41, 5.74) is 0.480. The summed E-state index contributed by atoms with van der Waals surface area (Å²) < 4.78 is 29.4. The number of nitrogens with zero attached hydrogens (tertiary/aromatic N) is 2. The molecule has 1 fully saturated rings. The highest BCUT2D eigenvalue weighted by Gasteiger charge is 2.23. The molecule has 23 heavy (non-hydrogen) atoms. The Morgan fingerprint density at radius 2 is 2.35 bits per heavy atom. The predicted octanol–water partition coefficient (Wildman–Crippen LogP) is 2.47. The van der Waals surface area contributed by atoms with Gasteiger partial charge >= 0.3 is 6.61 Å². The van der Waals surface area contributed by atoms with Crippen molar-refractivity contribution in [3.8, 4) is 5.75 Å². The van der Waals surface area contributed by atoms with Crippen molar-refractivity contribution in [2.45, 2.75) is 32.6 Å². The third-order valence-electron chi connectivity index (χ3n) is 3.44. The smallest absolute Gasteiger partial charge is 0.387 e. The molecule has 0 bridgehead atoms. The molecule has 1 aromatic rings. The molecule has 1 saturated heterocycles. The fraction of sp³-hybridized carbons (Fsp3) is 0.533. The minimum Gasteiger partial charge on any atom is -0.434 e. The van der Waals surface area contributed by atoms with Gasteiger partial charge in [0.25, 0.3) is 0 Å². The Morgan fingerprint density at radius 1 is 1.57 bits per heavy atom. The largest absolute Gasteiger partial charge is 0.434 e. The summed E-state index contributed by atoms with van der Waals surface area (Å²) in [7, 11) is 0. The molecule has 1 aliphatic heterocycles. The number of aliphatic hydroxyl groups is 1. The second-order valence-electron chi connectivity index (χ2n) is 5.19. The SMILES string of the molecule is CCNC(=NCc1cc(Cl)ccc1OC(F)F)N1CC[C@@H](O)C1. The molecule has 5 nitrogen and oxygen atoms in total. The Bertz CT molecular complexity index is 558. The highest BCUT2D eigenvalue weighted by molar-refractivity contribution is 6.30. The van der Waals surface area contributed by atoms with E-state index in [0.29, 0.717) is 42.6 Å². The van der Waals surface area contributed by atoms with Crippen LogP contribution in [0.5, 0.6) is 5.75 Å². The van der Waals surface area contributed by atoms with Crippen LogP contribution in [0.1, 0.15) is 18.9 Å². The Balaban J connectivity index is 2.16. The number of alkyl halides is 2. The van der Waals surface area contributed by atoms with Crippen LogP contribution in [-0.2, 0) is 6.54 Å². The van der Waals surface area contributed by atoms with E-state index in [2.05, 4.69) is 15.0 Å². The molecule has 2 rings (SSSR count). The summed E-state index contributed by atoms with van der Waals surface area (Å²) in [6.07, 6.45) is 0.309. The highest BCUT2D eigenvalue weighted by atomic mass is 35.5. The lowest BCUT2D eigenvalue weighted by molar-refractivity contribution is -0.0504. The first kappa shape index (κ1) is 17.7. The molecular formula is C15H20ClF2N3O2. The molecule has 0 aliphatic carbocycles. The molecule has 8 heteroatoms. The van der Waals surface area contributed by atoms with Gasteiger partial charge in [-0.25, -0.2) is 4.99 Å². The molecule has 0 saturated carbocycles. The van der Waals surface area contributed by atoms with Gasteiger partial charge < -0.3 is 20.1 Å². The van der Waals surface area contributed by atoms with Gasteiger partial charge in [0.2, 0.25) is 0 Å². The number of likely N-dealkylation sites (tertiary alicyclic amines) is 1. The number of aliphatic hydroxyl groups excluding tert-OH is 1. The number of guanidine groups is 1. The number of nitrogens with one attached hydrogen (secondary N) is 1. The fourth-order valence-corrected chi connectivity index (χ4v) is 2.60. The van der Waals surface area contributed by atoms with Gasteiger partial charge in [-0.1, -0.05) is 11.6 Å². The third kappa shape index (κ3) is 5.21. The molecule has 1 aliphatic rings. The lowest BCUT2D eigenvalue weighted by Crippen LogP contribution is -2.40. The Kier molecular flexibility index (Phi) is 6.41. The van der Waals surface area contributed by atoms with Crippen molar-refractivity contribution in [3.05, 3.63) is 28.8 Å². The zero-order valence-corrected chi connectivity index (χ0v) is 13.6. The van der Waals surface area contributed by atoms with Crippen molar-refractivity contribution in [3.63, 3.8) is 0 Å². The maximum absolute atomic E-state index is 12.5. The van der Waals surface area contributed by atoms with Crippen molar-refractivity contribution >= 4 is 17.6 Å². The highest BCUT2D eigenvalue weighted by Crippen LogP contribution is 2.25. The number of ether oxygens (including phenoxy) is 1. The first-order valence-electron chi connectivity index (χ1n) is 7.44. The van der Waals surface area contributed by atoms with Crippen molar-refractivity contribution in [2.75, 3.05) is 19.6 Å². The zero-order chi connectivity index (χ0) is 16.8. The van der Waals surface area contributed by atoms with Crippen LogP contribution in [0.4, 0.5) is 8.78 Å². The summed E-state index contributed by atoms with van der Waals surface area (Å²) in [6, 6.07) is 4.46. The number of hydrogen-bond donors (Lipinski definition) is 2. The van der Waals surface area contributed by atoms with E-state index in [0.717, 1.165) is 0 Å². The first-order chi connectivity index (χ1) is 11.0. The van der Waals surface area contributed by atoms with Crippen LogP contribution in [0, 0.1) is 0 Å². The number of rotatable bonds is 5. The van der Waals surface area contributed by atoms with Crippen LogP contribution >= 0.6 is 11.6 Å². The standard InChI is InChI=1S/C15H20ClF2N3O2/c1-2-19-15(21-6-5-12(22)9-21)20-8-10-7-11(16)3-4-13(10)23-14(17)18/h3-4,7,12,14,22H,2,5-6,8-9H2,1H3,(H,19,20)/t12-/m1/s1. The Morgan fingerprint density at radius 3 is 2.96 bits per heavy atom. The van der Waals surface area contributed by atoms with E-state index in [-0.39, 0.29) is 18.4 Å². The van der Waals surface area contributed by atoms with Crippen LogP contribution in [-0.4, -0.2) is 48.3 Å². The lowest BCUT2D eigenvalue weighted by Gasteiger charge is -2.21. The van der Waals surface area contributed by atoms with Crippen molar-refractivity contribution in [2.24, 2.45) is 4.99 Å². The summed E-state index contributed by atoms with van der Waals surface area (Å²) in [4.78, 5) is 6.38. The second kappa shape index (κ2) is 8.31. The molecule has 0 spiro atoms. The van der Waals surface area contributed by atoms with Gasteiger partial charge in [0, 0.05) is 30.2 Å². The topological polar surface area (TPSA) is 57.1 Å². The molecule has 1 heterocycles. The summed E-state index contributed by atoms with van der Waals surface area (Å²) >= 11 is 5.93. The maximum Gasteiger partial charge on any atom is 0.387 e. The molecule has 0 amide bonds. The monoisotopic (exact) mass is 347 g/mol. The van der Waals surface area contributed by atoms with Crippen LogP contribution < -0.4 is 10.1 Å². The van der Waals surface area contributed by atoms with E-state index in [4.69, 9.17) is 11.6 Å². The van der Waals surface area contributed by atoms with Crippen molar-refractivity contribution in [1.29, 1.82) is 0 Å². The molecule has 128 valence electrons. The van der Waals surface area contributed by atoms with E-state index < -0.39 is 6.61 Å². The van der Waals surface area contributed by atoms with Gasteiger partial charge in [-0.2, -0.15) is 8.78 Å². The van der Waals surface area contributed by atoms with Gasteiger partial charge in [0.1, 0.15) is 5.75 Å². The minimum atomic E-state index is -2.90. The lowest BCUT2D eigenvalue weighted by atomic mass is 10.2. The number of aliphatic imine (C=N–C) groups is 1. The fourth-order valence-electron chi connectivity index (χ4n) is 2.40. The molecule has 0 radical (unpaired) electrons. The summed E-state index contributed by atoms with van der Waals surface area (Å²) in [5.74, 6) is 0.692. The number of β-amino-alcohol motifs (C(OH)–C–C–N with tert-alkyl or cyclic N) is 1. The molecule has 1 atom stereocenters. The number of hydrogen-bond acceptors (Lipinski definition) is 3. The van der Waals surface area contributed by atoms with Gasteiger partial charge in [0.05, 0.1) is 12.6 Å². The average molecular weight is 348 g/mol. The van der Waals surface area contributed by atoms with E-state index >= 15 is 0 Å². The van der Waals surface area contributed by atoms with Crippen LogP contribution in [0.25, 0.3) is 0 Å². The molecule has 0 unspecified atom stereocenters. The van der Waals surface area contributed by atoms with Crippen LogP contribution in [0.15, 0.2) is 23.2 Å². The van der Waals surface area contributed by atoms with Gasteiger partial charge in [-0.05, 0) is 31.5 Å². The quantitative estimate of drug-likeness (QED) is 0.634. The van der Waals surface area contributed by atoms with E-state index in [9.17, 15) is 13.9 Å². The minimum absolute atomic E-state index is 0.0606. The summed E-state index contributed by atoms with van der Waals surface area (Å²) in [6.45, 7) is 1.05. The van der Waals surface area contributed by atoms with E-state index in [1.807, 2.05) is 11.8 Å². The van der Waals surface area contributed by atoms with Gasteiger partial charge in [-0.3, -0.25) is 0 Å². The Hall–Kier alpha value is -1.60. The average Bonchev–Trinajstić information content (AvgIpc) is 2.92. The second-order valence-corrected chi connectivity index (χ2v) is 5.63. The number of benzene rings is 1. The van der Waals surface area contributed by atoms with Gasteiger partial charge in [-0.15, -0.1) is 0 Å². The maximum atomic E-state index is 12.5. The van der Waals surface area contributed by atoms with E-state index in [1.165, 1.54) is 12.1 Å². The third-order valence-corrected chi connectivity index (χ3v) is 3.67. The van der Waals surface area contributed by atoms with Crippen LogP contribution in [0.3, 0.4) is 0 Å². The Labute approximate surface area is 138 Å². The predicted molar refractivity (Wildman–Crippen MR) is 85.1 cm³/mol. The molecule has 1 aromatic carbocycles. The molecule has 0 aromatic heterocycles. The van der Waals surface area contributed by atoms with Crippen molar-refractivity contribution < 1.29 is 18.6 Å². The molecule has 2 N–H and O–H groups in total. The molecular weight excluding hydrogens is 328 g/mol. The summed E-state index contributed by atoms with van der Waals surface area (Å²) in [5, 5.41) is 13.2. The van der Waals surface area contributed by atoms with E-state index in [1.54, 1.807) is 6.07 Å². The van der Waals surface area contributed by atoms with Crippen molar-refractivity contribution in [1.82, 2.24) is 10.2 Å². The normalized spacial score (nSPS) is 18.6. The first-order valence-corrected chi connectivity index (χ1v) is 7.82. The number of halogens is 3.